The van der Waals surface area contributed by atoms with Crippen LogP contribution in [0, 0.1) is 0 Å². The SMILES string of the molecule is CC(C)c1cc(CNC2CCCC2)no1. The predicted octanol–water partition coefficient (Wildman–Crippen LogP) is 2.83. The van der Waals surface area contributed by atoms with E-state index in [0.29, 0.717) is 12.0 Å². The molecule has 0 unspecified atom stereocenters. The monoisotopic (exact) mass is 208 g/mol. The van der Waals surface area contributed by atoms with E-state index >= 15 is 0 Å². The van der Waals surface area contributed by atoms with Crippen LogP contribution in [0.3, 0.4) is 0 Å². The van der Waals surface area contributed by atoms with Crippen molar-refractivity contribution in [2.75, 3.05) is 0 Å². The zero-order chi connectivity index (χ0) is 10.7. The molecule has 1 fully saturated rings. The van der Waals surface area contributed by atoms with Gasteiger partial charge in [0.05, 0.1) is 5.69 Å². The van der Waals surface area contributed by atoms with E-state index in [2.05, 4.69) is 30.4 Å². The van der Waals surface area contributed by atoms with Crippen LogP contribution in [0.2, 0.25) is 0 Å². The van der Waals surface area contributed by atoms with E-state index < -0.39 is 0 Å². The maximum absolute atomic E-state index is 5.25. The largest absolute Gasteiger partial charge is 0.361 e. The summed E-state index contributed by atoms with van der Waals surface area (Å²) < 4.78 is 5.25. The lowest BCUT2D eigenvalue weighted by Gasteiger charge is -2.08. The number of hydrogen-bond donors (Lipinski definition) is 1. The second kappa shape index (κ2) is 4.79. The van der Waals surface area contributed by atoms with E-state index in [1.54, 1.807) is 0 Å². The molecular formula is C12H20N2O. The molecule has 0 aliphatic heterocycles. The molecule has 0 saturated heterocycles. The Bertz CT molecular complexity index is 300. The van der Waals surface area contributed by atoms with Gasteiger partial charge in [-0.25, -0.2) is 0 Å². The van der Waals surface area contributed by atoms with E-state index in [-0.39, 0.29) is 0 Å². The molecule has 0 aromatic carbocycles. The van der Waals surface area contributed by atoms with Gasteiger partial charge in [0, 0.05) is 24.6 Å². The van der Waals surface area contributed by atoms with Gasteiger partial charge in [0.2, 0.25) is 0 Å². The third kappa shape index (κ3) is 2.81. The molecule has 0 amide bonds. The molecule has 0 atom stereocenters. The molecule has 1 aliphatic carbocycles. The van der Waals surface area contributed by atoms with Gasteiger partial charge in [0.1, 0.15) is 5.76 Å². The van der Waals surface area contributed by atoms with Crippen LogP contribution in [-0.2, 0) is 6.54 Å². The molecule has 1 heterocycles. The van der Waals surface area contributed by atoms with E-state index in [1.807, 2.05) is 0 Å². The highest BCUT2D eigenvalue weighted by Crippen LogP contribution is 2.19. The highest BCUT2D eigenvalue weighted by molar-refractivity contribution is 5.08. The van der Waals surface area contributed by atoms with Crippen LogP contribution in [0.25, 0.3) is 0 Å². The Morgan fingerprint density at radius 3 is 2.80 bits per heavy atom. The number of hydrogen-bond acceptors (Lipinski definition) is 3. The van der Waals surface area contributed by atoms with Crippen molar-refractivity contribution in [3.05, 3.63) is 17.5 Å². The molecular weight excluding hydrogens is 188 g/mol. The normalized spacial score (nSPS) is 17.8. The molecule has 0 radical (unpaired) electrons. The lowest BCUT2D eigenvalue weighted by Crippen LogP contribution is -2.25. The lowest BCUT2D eigenvalue weighted by atomic mass is 10.1. The molecule has 15 heavy (non-hydrogen) atoms. The van der Waals surface area contributed by atoms with Crippen molar-refractivity contribution in [2.24, 2.45) is 0 Å². The lowest BCUT2D eigenvalue weighted by molar-refractivity contribution is 0.362. The van der Waals surface area contributed by atoms with Crippen molar-refractivity contribution < 1.29 is 4.52 Å². The fraction of sp³-hybridized carbons (Fsp3) is 0.750. The molecule has 1 saturated carbocycles. The number of nitrogens with zero attached hydrogens (tertiary/aromatic N) is 1. The van der Waals surface area contributed by atoms with Crippen molar-refractivity contribution in [2.45, 2.75) is 58.0 Å². The average Bonchev–Trinajstić information content (AvgIpc) is 2.86. The van der Waals surface area contributed by atoms with Crippen molar-refractivity contribution in [1.29, 1.82) is 0 Å². The first kappa shape index (κ1) is 10.7. The van der Waals surface area contributed by atoms with E-state index in [4.69, 9.17) is 4.52 Å². The van der Waals surface area contributed by atoms with Gasteiger partial charge < -0.3 is 9.84 Å². The Hall–Kier alpha value is -0.830. The summed E-state index contributed by atoms with van der Waals surface area (Å²) in [4.78, 5) is 0. The molecule has 3 nitrogen and oxygen atoms in total. The van der Waals surface area contributed by atoms with Gasteiger partial charge >= 0.3 is 0 Å². The number of nitrogens with one attached hydrogen (secondary N) is 1. The molecule has 0 bridgehead atoms. The Kier molecular flexibility index (Phi) is 3.41. The Labute approximate surface area is 91.2 Å². The first-order chi connectivity index (χ1) is 7.25. The van der Waals surface area contributed by atoms with Crippen molar-refractivity contribution in [3.8, 4) is 0 Å². The Balaban J connectivity index is 1.82. The molecule has 84 valence electrons. The quantitative estimate of drug-likeness (QED) is 0.826. The third-order valence-electron chi connectivity index (χ3n) is 3.07. The van der Waals surface area contributed by atoms with Gasteiger partial charge in [-0.2, -0.15) is 0 Å². The van der Waals surface area contributed by atoms with Crippen LogP contribution >= 0.6 is 0 Å². The minimum absolute atomic E-state index is 0.428. The van der Waals surface area contributed by atoms with Crippen LogP contribution in [-0.4, -0.2) is 11.2 Å². The minimum Gasteiger partial charge on any atom is -0.361 e. The van der Waals surface area contributed by atoms with Crippen LogP contribution < -0.4 is 5.32 Å². The molecule has 0 spiro atoms. The van der Waals surface area contributed by atoms with Gasteiger partial charge in [-0.15, -0.1) is 0 Å². The summed E-state index contributed by atoms with van der Waals surface area (Å²) in [5.41, 5.74) is 1.03. The van der Waals surface area contributed by atoms with Gasteiger partial charge in [-0.1, -0.05) is 31.8 Å². The second-order valence-electron chi connectivity index (χ2n) is 4.74. The topological polar surface area (TPSA) is 38.1 Å². The maximum atomic E-state index is 5.25. The van der Waals surface area contributed by atoms with Crippen LogP contribution in [0.15, 0.2) is 10.6 Å². The first-order valence-corrected chi connectivity index (χ1v) is 5.94. The Morgan fingerprint density at radius 1 is 1.47 bits per heavy atom. The van der Waals surface area contributed by atoms with Crippen LogP contribution in [0.4, 0.5) is 0 Å². The van der Waals surface area contributed by atoms with Gasteiger partial charge in [0.15, 0.2) is 0 Å². The van der Waals surface area contributed by atoms with E-state index in [9.17, 15) is 0 Å². The van der Waals surface area contributed by atoms with Gasteiger partial charge in [0.25, 0.3) is 0 Å². The first-order valence-electron chi connectivity index (χ1n) is 5.94. The summed E-state index contributed by atoms with van der Waals surface area (Å²) in [7, 11) is 0. The van der Waals surface area contributed by atoms with Crippen molar-refractivity contribution in [1.82, 2.24) is 10.5 Å². The second-order valence-corrected chi connectivity index (χ2v) is 4.74. The standard InChI is InChI=1S/C12H20N2O/c1-9(2)12-7-11(14-15-12)8-13-10-5-3-4-6-10/h7,9-10,13H,3-6,8H2,1-2H3. The maximum Gasteiger partial charge on any atom is 0.139 e. The summed E-state index contributed by atoms with van der Waals surface area (Å²) >= 11 is 0. The number of rotatable bonds is 4. The summed E-state index contributed by atoms with van der Waals surface area (Å²) in [6, 6.07) is 2.76. The molecule has 3 heteroatoms. The summed E-state index contributed by atoms with van der Waals surface area (Å²) in [6.45, 7) is 5.09. The molecule has 1 aromatic rings. The average molecular weight is 208 g/mol. The molecule has 1 aliphatic rings. The van der Waals surface area contributed by atoms with Crippen molar-refractivity contribution >= 4 is 0 Å². The summed E-state index contributed by atoms with van der Waals surface area (Å²) in [6.07, 6.45) is 5.37. The molecule has 1 aromatic heterocycles. The fourth-order valence-corrected chi connectivity index (χ4v) is 2.06. The van der Waals surface area contributed by atoms with E-state index in [1.165, 1.54) is 25.7 Å². The van der Waals surface area contributed by atoms with Crippen LogP contribution in [0.1, 0.15) is 56.9 Å². The highest BCUT2D eigenvalue weighted by atomic mass is 16.5. The fourth-order valence-electron chi connectivity index (χ4n) is 2.06. The van der Waals surface area contributed by atoms with Crippen LogP contribution in [0.5, 0.6) is 0 Å². The van der Waals surface area contributed by atoms with Gasteiger partial charge in [-0.3, -0.25) is 0 Å². The smallest absolute Gasteiger partial charge is 0.139 e. The summed E-state index contributed by atoms with van der Waals surface area (Å²) in [5, 5.41) is 7.59. The zero-order valence-electron chi connectivity index (χ0n) is 9.62. The molecule has 1 N–H and O–H groups in total. The highest BCUT2D eigenvalue weighted by Gasteiger charge is 2.15. The predicted molar refractivity (Wildman–Crippen MR) is 59.7 cm³/mol. The van der Waals surface area contributed by atoms with Gasteiger partial charge in [-0.05, 0) is 12.8 Å². The number of aromatic nitrogens is 1. The Morgan fingerprint density at radius 2 is 2.20 bits per heavy atom. The van der Waals surface area contributed by atoms with E-state index in [0.717, 1.165) is 18.0 Å². The third-order valence-corrected chi connectivity index (χ3v) is 3.07. The zero-order valence-corrected chi connectivity index (χ0v) is 9.62. The molecule has 2 rings (SSSR count). The van der Waals surface area contributed by atoms with Crippen molar-refractivity contribution in [3.63, 3.8) is 0 Å². The summed E-state index contributed by atoms with van der Waals surface area (Å²) in [5.74, 6) is 1.41. The minimum atomic E-state index is 0.428.